The maximum absolute atomic E-state index is 12.1. The molecule has 0 bridgehead atoms. The summed E-state index contributed by atoms with van der Waals surface area (Å²) in [6.45, 7) is 26.1. The maximum Gasteiger partial charge on any atom is 0.233 e. The van der Waals surface area contributed by atoms with Gasteiger partial charge in [-0.25, -0.2) is 8.42 Å². The van der Waals surface area contributed by atoms with E-state index in [1.165, 1.54) is 68.1 Å². The van der Waals surface area contributed by atoms with Crippen LogP contribution in [0.4, 0.5) is 0 Å². The van der Waals surface area contributed by atoms with Gasteiger partial charge in [-0.1, -0.05) is 58.9 Å². The minimum atomic E-state index is -2.87. The van der Waals surface area contributed by atoms with E-state index in [-0.39, 0.29) is 27.2 Å². The first-order valence-corrected chi connectivity index (χ1v) is 25.2. The van der Waals surface area contributed by atoms with Gasteiger partial charge in [-0.2, -0.15) is 5.10 Å². The standard InChI is InChI=1S/C49H76N4O5S/c1-9-57-43(54)48(33-58-41-11-10-26-51-52-41)21-14-35(15-22-48)37-17-19-45(6)39(44(37,4)5)18-20-47(8)40(45)13-12-38-42-36(34(2)3)16-23-49(42,25-24-46(38,47)7)50-27-28-53-29-31-59(55,56)32-30-53/h10-11,14,17,26,36,38-40,42-43,50,54H,2,9,12-13,15-16,18-25,27-33H2,1,3-8H3/t36-,38+,39-,40+,42+,43?,45-,46+,47+,48?,49-/m0/s1. The van der Waals surface area contributed by atoms with Crippen molar-refractivity contribution >= 4 is 9.84 Å². The van der Waals surface area contributed by atoms with Crippen LogP contribution < -0.4 is 10.1 Å². The molecule has 328 valence electrons. The number of aliphatic hydroxyl groups is 1. The number of hydrogen-bond donors (Lipinski definition) is 2. The van der Waals surface area contributed by atoms with Gasteiger partial charge >= 0.3 is 0 Å². The van der Waals surface area contributed by atoms with Crippen LogP contribution in [0.5, 0.6) is 5.88 Å². The van der Waals surface area contributed by atoms with Gasteiger partial charge in [0.2, 0.25) is 5.88 Å². The molecule has 1 aromatic heterocycles. The van der Waals surface area contributed by atoms with Crippen molar-refractivity contribution in [3.63, 3.8) is 0 Å². The molecule has 1 aliphatic heterocycles. The van der Waals surface area contributed by atoms with Crippen molar-refractivity contribution in [1.82, 2.24) is 20.4 Å². The molecule has 2 heterocycles. The number of aromatic nitrogens is 2. The molecule has 1 aromatic rings. The number of fused-ring (bicyclic) bond motifs is 7. The van der Waals surface area contributed by atoms with Crippen molar-refractivity contribution in [3.8, 4) is 5.88 Å². The lowest BCUT2D eigenvalue weighted by Crippen LogP contribution is -2.68. The minimum absolute atomic E-state index is 0.0489. The summed E-state index contributed by atoms with van der Waals surface area (Å²) in [6, 6.07) is 3.64. The van der Waals surface area contributed by atoms with Crippen LogP contribution in [-0.2, 0) is 14.6 Å². The molecule has 11 atom stereocenters. The molecule has 6 aliphatic carbocycles. The van der Waals surface area contributed by atoms with Crippen molar-refractivity contribution in [2.45, 2.75) is 137 Å². The number of rotatable bonds is 12. The van der Waals surface area contributed by atoms with Gasteiger partial charge in [-0.05, 0) is 159 Å². The van der Waals surface area contributed by atoms with Crippen LogP contribution in [0, 0.1) is 56.7 Å². The zero-order valence-electron chi connectivity index (χ0n) is 37.5. The molecule has 7 aliphatic rings. The van der Waals surface area contributed by atoms with Gasteiger partial charge in [0, 0.05) is 50.6 Å². The van der Waals surface area contributed by atoms with E-state index in [0.29, 0.717) is 79.7 Å². The normalized spacial score (nSPS) is 41.9. The van der Waals surface area contributed by atoms with Crippen LogP contribution in [0.2, 0.25) is 0 Å². The van der Waals surface area contributed by atoms with Crippen LogP contribution in [0.3, 0.4) is 0 Å². The third kappa shape index (κ3) is 7.32. The molecule has 10 heteroatoms. The van der Waals surface area contributed by atoms with E-state index in [0.717, 1.165) is 32.4 Å². The van der Waals surface area contributed by atoms with E-state index in [1.54, 1.807) is 6.20 Å². The summed E-state index contributed by atoms with van der Waals surface area (Å²) >= 11 is 0. The fraction of sp³-hybridized carbons (Fsp3) is 0.796. The highest BCUT2D eigenvalue weighted by Crippen LogP contribution is 2.76. The third-order valence-electron chi connectivity index (χ3n) is 18.9. The Morgan fingerprint density at radius 3 is 2.44 bits per heavy atom. The van der Waals surface area contributed by atoms with Crippen LogP contribution in [0.25, 0.3) is 0 Å². The molecule has 8 rings (SSSR count). The predicted octanol–water partition coefficient (Wildman–Crippen LogP) is 8.57. The second-order valence-corrected chi connectivity index (χ2v) is 24.1. The van der Waals surface area contributed by atoms with Gasteiger partial charge in [-0.15, -0.1) is 5.10 Å². The Balaban J connectivity index is 1.01. The van der Waals surface area contributed by atoms with Crippen molar-refractivity contribution in [3.05, 3.63) is 53.8 Å². The minimum Gasteiger partial charge on any atom is -0.476 e. The van der Waals surface area contributed by atoms with Gasteiger partial charge in [0.15, 0.2) is 16.1 Å². The average Bonchev–Trinajstić information content (AvgIpc) is 3.59. The van der Waals surface area contributed by atoms with Gasteiger partial charge in [0.25, 0.3) is 0 Å². The van der Waals surface area contributed by atoms with Crippen LogP contribution >= 0.6 is 0 Å². The highest BCUT2D eigenvalue weighted by molar-refractivity contribution is 7.91. The Hall–Kier alpha value is -2.11. The second-order valence-electron chi connectivity index (χ2n) is 21.8. The zero-order valence-corrected chi connectivity index (χ0v) is 38.3. The summed E-state index contributed by atoms with van der Waals surface area (Å²) in [5.41, 5.74) is 4.81. The third-order valence-corrected chi connectivity index (χ3v) is 20.5. The van der Waals surface area contributed by atoms with E-state index in [9.17, 15) is 13.5 Å². The summed E-state index contributed by atoms with van der Waals surface area (Å²) in [7, 11) is -2.87. The van der Waals surface area contributed by atoms with E-state index in [4.69, 9.17) is 9.47 Å². The molecule has 5 fully saturated rings. The average molecular weight is 833 g/mol. The summed E-state index contributed by atoms with van der Waals surface area (Å²) in [5.74, 6) is 4.21. The quantitative estimate of drug-likeness (QED) is 0.158. The Kier molecular flexibility index (Phi) is 11.7. The number of ether oxygens (including phenoxy) is 2. The fourth-order valence-corrected chi connectivity index (χ4v) is 16.8. The molecule has 1 saturated heterocycles. The number of nitrogens with one attached hydrogen (secondary N) is 1. The van der Waals surface area contributed by atoms with Crippen molar-refractivity contribution in [2.24, 2.45) is 56.7 Å². The largest absolute Gasteiger partial charge is 0.476 e. The Morgan fingerprint density at radius 2 is 1.76 bits per heavy atom. The number of aliphatic hydroxyl groups excluding tert-OH is 1. The van der Waals surface area contributed by atoms with Gasteiger partial charge in [-0.3, -0.25) is 0 Å². The lowest BCUT2D eigenvalue weighted by Gasteiger charge is -2.72. The molecule has 0 amide bonds. The first-order chi connectivity index (χ1) is 27.9. The summed E-state index contributed by atoms with van der Waals surface area (Å²) in [4.78, 5) is 2.36. The molecule has 0 aromatic carbocycles. The molecule has 59 heavy (non-hydrogen) atoms. The van der Waals surface area contributed by atoms with Gasteiger partial charge in [0.1, 0.15) is 6.61 Å². The molecule has 2 unspecified atom stereocenters. The number of hydrogen-bond acceptors (Lipinski definition) is 9. The number of nitrogens with zero attached hydrogens (tertiary/aromatic N) is 3. The molecule has 2 N–H and O–H groups in total. The topological polar surface area (TPSA) is 114 Å². The SMILES string of the molecule is C=C(C)[C@@H]1CC[C@]2(NCCN3CCS(=O)(=O)CC3)CC[C@]3(C)[C@H](CC[C@@H]4[C@@]5(C)CC=C(C6=CCC(COc7cccnn7)(C(O)OCC)CC6)C(C)(C)[C@@H]5CC[C@]43C)[C@@H]12. The Morgan fingerprint density at radius 1 is 0.983 bits per heavy atom. The van der Waals surface area contributed by atoms with Crippen molar-refractivity contribution in [1.29, 1.82) is 0 Å². The highest BCUT2D eigenvalue weighted by atomic mass is 32.2. The Bertz CT molecular complexity index is 1890. The molecule has 9 nitrogen and oxygen atoms in total. The van der Waals surface area contributed by atoms with Crippen LogP contribution in [0.1, 0.15) is 126 Å². The second kappa shape index (κ2) is 15.9. The first kappa shape index (κ1) is 43.5. The number of allylic oxidation sites excluding steroid dienone is 5. The molecule has 0 spiro atoms. The van der Waals surface area contributed by atoms with Crippen LogP contribution in [-0.4, -0.2) is 91.3 Å². The van der Waals surface area contributed by atoms with Crippen molar-refractivity contribution < 1.29 is 23.0 Å². The molecular weight excluding hydrogens is 757 g/mol. The van der Waals surface area contributed by atoms with Crippen molar-refractivity contribution in [2.75, 3.05) is 50.9 Å². The lowest BCUT2D eigenvalue weighted by molar-refractivity contribution is -0.221. The predicted molar refractivity (Wildman–Crippen MR) is 235 cm³/mol. The smallest absolute Gasteiger partial charge is 0.233 e. The monoisotopic (exact) mass is 833 g/mol. The zero-order chi connectivity index (χ0) is 42.1. The van der Waals surface area contributed by atoms with E-state index in [2.05, 4.69) is 80.7 Å². The van der Waals surface area contributed by atoms with Gasteiger partial charge in [0.05, 0.1) is 16.9 Å². The summed E-state index contributed by atoms with van der Waals surface area (Å²) < 4.78 is 36.2. The fourth-order valence-electron chi connectivity index (χ4n) is 15.5. The van der Waals surface area contributed by atoms with E-state index >= 15 is 0 Å². The summed E-state index contributed by atoms with van der Waals surface area (Å²) in [6.07, 6.45) is 19.5. The Labute approximate surface area is 356 Å². The number of sulfone groups is 1. The maximum atomic E-state index is 12.1. The molecule has 4 saturated carbocycles. The highest BCUT2D eigenvalue weighted by Gasteiger charge is 2.70. The first-order valence-electron chi connectivity index (χ1n) is 23.4. The summed E-state index contributed by atoms with van der Waals surface area (Å²) in [5, 5.41) is 23.7. The molecular formula is C49H76N4O5S. The van der Waals surface area contributed by atoms with Gasteiger partial charge < -0.3 is 24.8 Å². The lowest BCUT2D eigenvalue weighted by atomic mass is 9.33. The van der Waals surface area contributed by atoms with Crippen LogP contribution in [0.15, 0.2) is 53.8 Å². The van der Waals surface area contributed by atoms with E-state index < -0.39 is 21.5 Å². The van der Waals surface area contributed by atoms with E-state index in [1.807, 2.05) is 19.1 Å². The molecule has 0 radical (unpaired) electrons.